The Morgan fingerprint density at radius 1 is 0.365 bits per heavy atom. The molecule has 36 nitrogen and oxygen atoms in total. The monoisotopic (exact) mass is 1370 g/mol. The molecule has 2 aromatic rings. The standard InChI is InChI=1S/C60H78N4O32/c1-23-17-44(78)89-39-18-37(15-16-38(23)39)88-57-45(61-24(2)65)54(85-34(12)75)50(41(90-57)20-80-29(7)70)94-59-47(63-26(4)67)56(87-36(14)77)52(43(92-59)22-82-31(9)72)96-60-48(64-27(5)68)55(86-35(13)76)51(42(93-60)21-81-30(8)71)95-58-46(62-25(3)66)53(84-33(11)74)49(83-32(10)73)40(91-58)19-79-28(6)69/h15-18,40-43,45-60H,19-22H2,1-14H3,(H,61,65)(H,62,66)(H,63,67)(H,64,68)/t40?,41?,42?,43?,45-,46-,47-,48-,49+,50+,51+,52+,53+,54+,55+,56+,57+,58-,59-,60-/m0/s1. The molecule has 4 N–H and O–H groups in total. The second kappa shape index (κ2) is 34.1. The SMILES string of the molecule is CC(=O)N[C@@H]1[C@H](O[C@@H]2C(COC(C)=O)O[C@@H](O[C@@H]3C(COC(C)=O)O[C@@H](O[C@@H]4C(COC(C)=O)O[C@@H](Oc5ccc6c(C)cc(=O)oc6c5)[C@@H](NC(C)=O)[C@H]4OC(C)=O)[C@@H](NC(C)=O)[C@H]3OC(C)=O)[C@@H](NC(C)=O)[C@H]2OC(C)=O)OC(COC(C)=O)[C@@H](OC(C)=O)[C@@H]1OC(C)=O. The average molecular weight is 1370 g/mol. The van der Waals surface area contributed by atoms with Crippen LogP contribution in [0.2, 0.25) is 0 Å². The predicted molar refractivity (Wildman–Crippen MR) is 312 cm³/mol. The van der Waals surface area contributed by atoms with E-state index in [1.807, 2.05) is 0 Å². The number of aryl methyl sites for hydroxylation is 1. The van der Waals surface area contributed by atoms with E-state index in [1.165, 1.54) is 18.2 Å². The highest BCUT2D eigenvalue weighted by Gasteiger charge is 2.60. The normalized spacial score (nSPS) is 30.1. The first-order chi connectivity index (χ1) is 45.1. The number of rotatable bonds is 25. The number of hydrogen-bond donors (Lipinski definition) is 4. The van der Waals surface area contributed by atoms with E-state index < -0.39 is 232 Å². The molecule has 0 radical (unpaired) electrons. The van der Waals surface area contributed by atoms with Crippen LogP contribution in [0.1, 0.15) is 95.6 Å². The van der Waals surface area contributed by atoms with Crippen molar-refractivity contribution in [2.24, 2.45) is 0 Å². The molecule has 0 bridgehead atoms. The van der Waals surface area contributed by atoms with Gasteiger partial charge in [-0.3, -0.25) is 62.3 Å². The summed E-state index contributed by atoms with van der Waals surface area (Å²) in [5.41, 5.74) is -0.0381. The van der Waals surface area contributed by atoms with Crippen LogP contribution >= 0.6 is 0 Å². The second-order valence-corrected chi connectivity index (χ2v) is 22.5. The highest BCUT2D eigenvalue weighted by molar-refractivity contribution is 5.81. The smallest absolute Gasteiger partial charge is 0.336 e. The van der Waals surface area contributed by atoms with E-state index in [0.717, 1.165) is 90.0 Å². The molecule has 6 rings (SSSR count). The molecule has 4 aliphatic rings. The lowest BCUT2D eigenvalue weighted by atomic mass is 9.92. The number of fused-ring (bicyclic) bond motifs is 1. The molecular formula is C60H78N4O32. The Kier molecular flexibility index (Phi) is 27.1. The van der Waals surface area contributed by atoms with E-state index in [2.05, 4.69) is 21.3 Å². The lowest BCUT2D eigenvalue weighted by Gasteiger charge is -2.52. The zero-order valence-electron chi connectivity index (χ0n) is 54.7. The molecular weight excluding hydrogens is 1290 g/mol. The van der Waals surface area contributed by atoms with Gasteiger partial charge in [-0.1, -0.05) is 0 Å². The maximum atomic E-state index is 13.5. The first-order valence-electron chi connectivity index (χ1n) is 29.9. The van der Waals surface area contributed by atoms with E-state index in [0.29, 0.717) is 10.9 Å². The van der Waals surface area contributed by atoms with Crippen molar-refractivity contribution in [3.63, 3.8) is 0 Å². The molecule has 0 saturated carbocycles. The van der Waals surface area contributed by atoms with Gasteiger partial charge in [-0.25, -0.2) is 4.79 Å². The van der Waals surface area contributed by atoms with Crippen molar-refractivity contribution in [3.8, 4) is 5.75 Å². The molecule has 0 spiro atoms. The largest absolute Gasteiger partial charge is 0.463 e. The molecule has 96 heavy (non-hydrogen) atoms. The van der Waals surface area contributed by atoms with Crippen LogP contribution in [0, 0.1) is 6.92 Å². The Labute approximate surface area is 547 Å². The topological polar surface area (TPSA) is 457 Å². The van der Waals surface area contributed by atoms with Gasteiger partial charge < -0.3 is 106 Å². The van der Waals surface area contributed by atoms with E-state index in [-0.39, 0.29) is 11.3 Å². The van der Waals surface area contributed by atoms with Crippen molar-refractivity contribution >= 4 is 88.3 Å². The fraction of sp³-hybridized carbons (Fsp3) is 0.633. The van der Waals surface area contributed by atoms with Gasteiger partial charge in [0.25, 0.3) is 0 Å². The summed E-state index contributed by atoms with van der Waals surface area (Å²) in [7, 11) is 0. The maximum absolute atomic E-state index is 13.5. The number of hydrogen-bond acceptors (Lipinski definition) is 32. The molecule has 36 heteroatoms. The summed E-state index contributed by atoms with van der Waals surface area (Å²) < 4.78 is 108. The van der Waals surface area contributed by atoms with E-state index in [1.54, 1.807) is 13.0 Å². The minimum Gasteiger partial charge on any atom is -0.463 e. The molecule has 20 atom stereocenters. The lowest BCUT2D eigenvalue weighted by Crippen LogP contribution is -2.73. The molecule has 4 amide bonds. The van der Waals surface area contributed by atoms with Crippen molar-refractivity contribution in [1.29, 1.82) is 0 Å². The predicted octanol–water partition coefficient (Wildman–Crippen LogP) is -1.53. The number of carbonyl (C=O) groups excluding carboxylic acids is 13. The summed E-state index contributed by atoms with van der Waals surface area (Å²) in [5.74, 6) is -12.0. The minimum atomic E-state index is -2.08. The number of esters is 9. The quantitative estimate of drug-likeness (QED) is 0.0497. The average Bonchev–Trinajstić information content (AvgIpc) is 0.763. The van der Waals surface area contributed by atoms with Gasteiger partial charge in [0, 0.05) is 108 Å². The Balaban J connectivity index is 1.50. The molecule has 4 unspecified atom stereocenters. The van der Waals surface area contributed by atoms with Crippen LogP contribution in [0.4, 0.5) is 0 Å². The number of nitrogens with one attached hydrogen (secondary N) is 4. The van der Waals surface area contributed by atoms with Gasteiger partial charge in [-0.05, 0) is 24.6 Å². The Bertz CT molecular complexity index is 3280. The first kappa shape index (κ1) is 76.1. The summed E-state index contributed by atoms with van der Waals surface area (Å²) in [6, 6.07) is -1.28. The zero-order chi connectivity index (χ0) is 71.2. The van der Waals surface area contributed by atoms with Crippen molar-refractivity contribution in [3.05, 3.63) is 40.2 Å². The molecule has 530 valence electrons. The van der Waals surface area contributed by atoms with E-state index in [4.69, 9.17) is 84.9 Å². The Hall–Kier alpha value is -8.94. The summed E-state index contributed by atoms with van der Waals surface area (Å²) in [4.78, 5) is 182. The zero-order valence-corrected chi connectivity index (χ0v) is 54.7. The van der Waals surface area contributed by atoms with Crippen molar-refractivity contribution in [2.75, 3.05) is 26.4 Å². The van der Waals surface area contributed by atoms with Crippen LogP contribution in [-0.2, 0) is 138 Å². The van der Waals surface area contributed by atoms with E-state index >= 15 is 0 Å². The molecule has 5 heterocycles. The number of ether oxygens (including phenoxy) is 17. The summed E-state index contributed by atoms with van der Waals surface area (Å²) >= 11 is 0. The fourth-order valence-corrected chi connectivity index (χ4v) is 11.1. The summed E-state index contributed by atoms with van der Waals surface area (Å²) in [5, 5.41) is 10.9. The molecule has 4 aliphatic heterocycles. The molecule has 4 fully saturated rings. The van der Waals surface area contributed by atoms with Crippen LogP contribution in [0.25, 0.3) is 11.0 Å². The third-order valence-corrected chi connectivity index (χ3v) is 14.4. The minimum absolute atomic E-state index is 0.0126. The van der Waals surface area contributed by atoms with Crippen molar-refractivity contribution < 1.29 is 147 Å². The Morgan fingerprint density at radius 2 is 0.646 bits per heavy atom. The lowest BCUT2D eigenvalue weighted by molar-refractivity contribution is -0.362. The van der Waals surface area contributed by atoms with Gasteiger partial charge in [0.2, 0.25) is 29.9 Å². The molecule has 4 saturated heterocycles. The summed E-state index contributed by atoms with van der Waals surface area (Å²) in [6.45, 7) is 11.7. The summed E-state index contributed by atoms with van der Waals surface area (Å²) in [6.07, 6.45) is -29.1. The van der Waals surface area contributed by atoms with Crippen LogP contribution in [0.15, 0.2) is 33.5 Å². The van der Waals surface area contributed by atoms with Crippen molar-refractivity contribution in [1.82, 2.24) is 21.3 Å². The van der Waals surface area contributed by atoms with Gasteiger partial charge >= 0.3 is 59.3 Å². The van der Waals surface area contributed by atoms with Crippen molar-refractivity contribution in [2.45, 2.75) is 220 Å². The molecule has 1 aromatic heterocycles. The third kappa shape index (κ3) is 21.3. The van der Waals surface area contributed by atoms with Gasteiger partial charge in [0.1, 0.15) is 105 Å². The van der Waals surface area contributed by atoms with E-state index in [9.17, 15) is 67.1 Å². The van der Waals surface area contributed by atoms with Crippen LogP contribution in [0.3, 0.4) is 0 Å². The van der Waals surface area contributed by atoms with Gasteiger partial charge in [0.15, 0.2) is 49.4 Å². The van der Waals surface area contributed by atoms with Gasteiger partial charge in [0.05, 0.1) is 0 Å². The highest BCUT2D eigenvalue weighted by Crippen LogP contribution is 2.39. The number of carbonyl (C=O) groups is 13. The fourth-order valence-electron chi connectivity index (χ4n) is 11.1. The number of benzene rings is 1. The van der Waals surface area contributed by atoms with Crippen LogP contribution < -0.4 is 31.6 Å². The second-order valence-electron chi connectivity index (χ2n) is 22.5. The van der Waals surface area contributed by atoms with Crippen LogP contribution in [0.5, 0.6) is 5.75 Å². The molecule has 1 aromatic carbocycles. The van der Waals surface area contributed by atoms with Gasteiger partial charge in [-0.2, -0.15) is 0 Å². The highest BCUT2D eigenvalue weighted by atomic mass is 16.8. The molecule has 0 aliphatic carbocycles. The van der Waals surface area contributed by atoms with Crippen LogP contribution in [-0.4, -0.2) is 226 Å². The third-order valence-electron chi connectivity index (χ3n) is 14.4. The Morgan fingerprint density at radius 3 is 0.948 bits per heavy atom. The first-order valence-corrected chi connectivity index (χ1v) is 29.9. The number of amides is 4. The maximum Gasteiger partial charge on any atom is 0.336 e. The van der Waals surface area contributed by atoms with Gasteiger partial charge in [-0.15, -0.1) is 0 Å².